The fraction of sp³-hybridized carbons (Fsp3) is 0.316. The van der Waals surface area contributed by atoms with Crippen LogP contribution in [0.3, 0.4) is 0 Å². The van der Waals surface area contributed by atoms with E-state index in [1.165, 1.54) is 0 Å². The SMILES string of the molecule is COc1ccc(C(C)N(C)C(=O)c2cc(OC)ccc2OC)cc1. The summed E-state index contributed by atoms with van der Waals surface area (Å²) in [4.78, 5) is 14.6. The quantitative estimate of drug-likeness (QED) is 0.813. The molecular formula is C19H23NO4. The third-order valence-corrected chi connectivity index (χ3v) is 4.14. The van der Waals surface area contributed by atoms with Crippen molar-refractivity contribution >= 4 is 5.91 Å². The van der Waals surface area contributed by atoms with Crippen molar-refractivity contribution in [1.82, 2.24) is 4.90 Å². The topological polar surface area (TPSA) is 48.0 Å². The van der Waals surface area contributed by atoms with Gasteiger partial charge in [-0.15, -0.1) is 0 Å². The van der Waals surface area contributed by atoms with Crippen molar-refractivity contribution in [2.45, 2.75) is 13.0 Å². The number of methoxy groups -OCH3 is 3. The number of ether oxygens (including phenoxy) is 3. The van der Waals surface area contributed by atoms with Crippen LogP contribution in [0, 0.1) is 0 Å². The summed E-state index contributed by atoms with van der Waals surface area (Å²) >= 11 is 0. The fourth-order valence-corrected chi connectivity index (χ4v) is 2.45. The van der Waals surface area contributed by atoms with Crippen molar-refractivity contribution in [1.29, 1.82) is 0 Å². The highest BCUT2D eigenvalue weighted by Crippen LogP contribution is 2.28. The molecule has 0 fully saturated rings. The van der Waals surface area contributed by atoms with Gasteiger partial charge in [-0.2, -0.15) is 0 Å². The lowest BCUT2D eigenvalue weighted by atomic mass is 10.1. The highest BCUT2D eigenvalue weighted by molar-refractivity contribution is 5.97. The summed E-state index contributed by atoms with van der Waals surface area (Å²) in [6.45, 7) is 1.98. The van der Waals surface area contributed by atoms with Crippen LogP contribution in [0.2, 0.25) is 0 Å². The van der Waals surface area contributed by atoms with E-state index >= 15 is 0 Å². The molecule has 0 saturated carbocycles. The Labute approximate surface area is 142 Å². The molecule has 0 heterocycles. The number of hydrogen-bond donors (Lipinski definition) is 0. The monoisotopic (exact) mass is 329 g/mol. The normalized spacial score (nSPS) is 11.5. The van der Waals surface area contributed by atoms with Gasteiger partial charge in [0.2, 0.25) is 0 Å². The summed E-state index contributed by atoms with van der Waals surface area (Å²) in [5, 5.41) is 0. The van der Waals surface area contributed by atoms with Gasteiger partial charge in [0.1, 0.15) is 17.2 Å². The van der Waals surface area contributed by atoms with E-state index in [1.54, 1.807) is 51.5 Å². The Balaban J connectivity index is 2.27. The maximum atomic E-state index is 12.9. The molecule has 0 bridgehead atoms. The molecule has 24 heavy (non-hydrogen) atoms. The molecule has 1 unspecified atom stereocenters. The minimum Gasteiger partial charge on any atom is -0.497 e. The van der Waals surface area contributed by atoms with Crippen LogP contribution in [0.1, 0.15) is 28.9 Å². The van der Waals surface area contributed by atoms with Gasteiger partial charge in [-0.05, 0) is 42.8 Å². The molecule has 1 amide bonds. The minimum atomic E-state index is -0.130. The average Bonchev–Trinajstić information content (AvgIpc) is 2.65. The molecule has 128 valence electrons. The molecule has 0 radical (unpaired) electrons. The average molecular weight is 329 g/mol. The lowest BCUT2D eigenvalue weighted by Crippen LogP contribution is -2.30. The summed E-state index contributed by atoms with van der Waals surface area (Å²) in [7, 11) is 6.52. The largest absolute Gasteiger partial charge is 0.497 e. The van der Waals surface area contributed by atoms with Gasteiger partial charge < -0.3 is 19.1 Å². The van der Waals surface area contributed by atoms with Crippen LogP contribution in [0.5, 0.6) is 17.2 Å². The molecule has 2 aromatic rings. The van der Waals surface area contributed by atoms with Crippen LogP contribution in [0.4, 0.5) is 0 Å². The first-order valence-electron chi connectivity index (χ1n) is 7.65. The van der Waals surface area contributed by atoms with Crippen LogP contribution < -0.4 is 14.2 Å². The highest BCUT2D eigenvalue weighted by atomic mass is 16.5. The predicted octanol–water partition coefficient (Wildman–Crippen LogP) is 3.55. The third-order valence-electron chi connectivity index (χ3n) is 4.14. The van der Waals surface area contributed by atoms with Gasteiger partial charge in [-0.3, -0.25) is 4.79 Å². The van der Waals surface area contributed by atoms with Crippen molar-refractivity contribution in [3.05, 3.63) is 53.6 Å². The van der Waals surface area contributed by atoms with E-state index < -0.39 is 0 Å². The molecule has 0 aliphatic heterocycles. The van der Waals surface area contributed by atoms with E-state index in [4.69, 9.17) is 14.2 Å². The number of nitrogens with zero attached hydrogens (tertiary/aromatic N) is 1. The first-order chi connectivity index (χ1) is 11.5. The summed E-state index contributed by atoms with van der Waals surface area (Å²) in [5.74, 6) is 1.79. The first kappa shape index (κ1) is 17.7. The van der Waals surface area contributed by atoms with Crippen LogP contribution in [0.25, 0.3) is 0 Å². The van der Waals surface area contributed by atoms with E-state index in [-0.39, 0.29) is 11.9 Å². The Kier molecular flexibility index (Phi) is 5.68. The molecular weight excluding hydrogens is 306 g/mol. The van der Waals surface area contributed by atoms with Crippen LogP contribution in [-0.2, 0) is 0 Å². The van der Waals surface area contributed by atoms with Crippen molar-refractivity contribution in [3.8, 4) is 17.2 Å². The number of amides is 1. The number of rotatable bonds is 6. The third kappa shape index (κ3) is 3.62. The molecule has 0 N–H and O–H groups in total. The highest BCUT2D eigenvalue weighted by Gasteiger charge is 2.22. The molecule has 0 saturated heterocycles. The summed E-state index contributed by atoms with van der Waals surface area (Å²) in [6, 6.07) is 12.8. The van der Waals surface area contributed by atoms with Crippen LogP contribution in [-0.4, -0.2) is 39.2 Å². The Morgan fingerprint density at radius 3 is 2.04 bits per heavy atom. The second-order valence-corrected chi connectivity index (χ2v) is 5.43. The molecule has 2 rings (SSSR count). The number of benzene rings is 2. The predicted molar refractivity (Wildman–Crippen MR) is 93.0 cm³/mol. The Bertz CT molecular complexity index is 697. The number of carbonyl (C=O) groups is 1. The second-order valence-electron chi connectivity index (χ2n) is 5.43. The van der Waals surface area contributed by atoms with E-state index in [0.717, 1.165) is 11.3 Å². The fourth-order valence-electron chi connectivity index (χ4n) is 2.45. The summed E-state index contributed by atoms with van der Waals surface area (Å²) in [5.41, 5.74) is 1.49. The Hall–Kier alpha value is -2.69. The van der Waals surface area contributed by atoms with Crippen molar-refractivity contribution in [2.75, 3.05) is 28.4 Å². The maximum Gasteiger partial charge on any atom is 0.258 e. The number of hydrogen-bond acceptors (Lipinski definition) is 4. The molecule has 0 spiro atoms. The lowest BCUT2D eigenvalue weighted by molar-refractivity contribution is 0.0739. The maximum absolute atomic E-state index is 12.9. The second kappa shape index (κ2) is 7.73. The van der Waals surface area contributed by atoms with Gasteiger partial charge in [0.25, 0.3) is 5.91 Å². The number of carbonyl (C=O) groups excluding carboxylic acids is 1. The van der Waals surface area contributed by atoms with Gasteiger partial charge in [0.15, 0.2) is 0 Å². The van der Waals surface area contributed by atoms with E-state index in [2.05, 4.69) is 0 Å². The first-order valence-corrected chi connectivity index (χ1v) is 7.65. The van der Waals surface area contributed by atoms with Crippen molar-refractivity contribution < 1.29 is 19.0 Å². The lowest BCUT2D eigenvalue weighted by Gasteiger charge is -2.26. The zero-order valence-electron chi connectivity index (χ0n) is 14.7. The minimum absolute atomic E-state index is 0.0979. The summed E-state index contributed by atoms with van der Waals surface area (Å²) < 4.78 is 15.7. The Morgan fingerprint density at radius 2 is 1.50 bits per heavy atom. The zero-order valence-corrected chi connectivity index (χ0v) is 14.7. The van der Waals surface area contributed by atoms with Gasteiger partial charge >= 0.3 is 0 Å². The van der Waals surface area contributed by atoms with E-state index in [1.807, 2.05) is 31.2 Å². The van der Waals surface area contributed by atoms with Crippen molar-refractivity contribution in [3.63, 3.8) is 0 Å². The van der Waals surface area contributed by atoms with E-state index in [0.29, 0.717) is 17.1 Å². The molecule has 5 heteroatoms. The summed E-state index contributed by atoms with van der Waals surface area (Å²) in [6.07, 6.45) is 0. The Morgan fingerprint density at radius 1 is 0.917 bits per heavy atom. The van der Waals surface area contributed by atoms with Gasteiger partial charge in [0.05, 0.1) is 32.9 Å². The standard InChI is InChI=1S/C19H23NO4/c1-13(14-6-8-15(22-3)9-7-14)20(2)19(21)17-12-16(23-4)10-11-18(17)24-5/h6-13H,1-5H3. The van der Waals surface area contributed by atoms with Gasteiger partial charge in [-0.25, -0.2) is 0 Å². The van der Waals surface area contributed by atoms with Gasteiger partial charge in [-0.1, -0.05) is 12.1 Å². The smallest absolute Gasteiger partial charge is 0.258 e. The molecule has 0 aliphatic carbocycles. The van der Waals surface area contributed by atoms with Crippen molar-refractivity contribution in [2.24, 2.45) is 0 Å². The zero-order chi connectivity index (χ0) is 17.7. The van der Waals surface area contributed by atoms with Gasteiger partial charge in [0, 0.05) is 7.05 Å². The van der Waals surface area contributed by atoms with Crippen LogP contribution >= 0.6 is 0 Å². The molecule has 5 nitrogen and oxygen atoms in total. The molecule has 0 aliphatic rings. The molecule has 0 aromatic heterocycles. The molecule has 2 aromatic carbocycles. The van der Waals surface area contributed by atoms with Crippen LogP contribution in [0.15, 0.2) is 42.5 Å². The molecule has 1 atom stereocenters. The van der Waals surface area contributed by atoms with E-state index in [9.17, 15) is 4.79 Å².